The van der Waals surface area contributed by atoms with Crippen molar-refractivity contribution >= 4 is 23.4 Å². The zero-order valence-corrected chi connectivity index (χ0v) is 18.3. The van der Waals surface area contributed by atoms with Crippen molar-refractivity contribution in [2.75, 3.05) is 52.4 Å². The number of ether oxygens (including phenoxy) is 3. The van der Waals surface area contributed by atoms with Gasteiger partial charge in [0, 0.05) is 19.3 Å². The molecule has 0 radical (unpaired) electrons. The van der Waals surface area contributed by atoms with Gasteiger partial charge in [-0.25, -0.2) is 0 Å². The van der Waals surface area contributed by atoms with Gasteiger partial charge in [-0.2, -0.15) is 0 Å². The summed E-state index contributed by atoms with van der Waals surface area (Å²) in [6.45, 7) is 0.214. The van der Waals surface area contributed by atoms with Crippen LogP contribution in [-0.4, -0.2) is 69.7 Å². The molecule has 3 amide bonds. The van der Waals surface area contributed by atoms with E-state index in [0.29, 0.717) is 18.0 Å². The predicted molar refractivity (Wildman–Crippen MR) is 119 cm³/mol. The molecule has 0 fully saturated rings. The first-order valence-electron chi connectivity index (χ1n) is 10.1. The van der Waals surface area contributed by atoms with Gasteiger partial charge in [-0.3, -0.25) is 14.4 Å². The van der Waals surface area contributed by atoms with Crippen LogP contribution < -0.4 is 15.4 Å². The van der Waals surface area contributed by atoms with Crippen LogP contribution in [0.3, 0.4) is 0 Å². The lowest BCUT2D eigenvalue weighted by Crippen LogP contribution is -2.45. The van der Waals surface area contributed by atoms with Crippen LogP contribution in [0.1, 0.15) is 5.56 Å². The Labute approximate surface area is 187 Å². The Morgan fingerprint density at radius 3 is 2.31 bits per heavy atom. The molecule has 9 nitrogen and oxygen atoms in total. The van der Waals surface area contributed by atoms with Crippen molar-refractivity contribution in [2.45, 2.75) is 6.61 Å². The maximum Gasteiger partial charge on any atom is 0.249 e. The summed E-state index contributed by atoms with van der Waals surface area (Å²) in [7, 11) is 3.07. The predicted octanol–water partition coefficient (Wildman–Crippen LogP) is 1.44. The molecule has 0 atom stereocenters. The molecule has 0 saturated heterocycles. The third-order valence-corrected chi connectivity index (χ3v) is 4.41. The molecule has 2 rings (SSSR count). The molecule has 0 saturated carbocycles. The van der Waals surface area contributed by atoms with E-state index < -0.39 is 5.91 Å². The lowest BCUT2D eigenvalue weighted by molar-refractivity contribution is -0.141. The highest BCUT2D eigenvalue weighted by Gasteiger charge is 2.18. The number of hydrogen-bond donors (Lipinski definition) is 2. The molecule has 2 aromatic rings. The molecule has 0 heterocycles. The van der Waals surface area contributed by atoms with Crippen molar-refractivity contribution in [3.8, 4) is 5.75 Å². The largest absolute Gasteiger partial charge is 0.497 e. The summed E-state index contributed by atoms with van der Waals surface area (Å²) in [6.07, 6.45) is 0. The van der Waals surface area contributed by atoms with Gasteiger partial charge in [-0.15, -0.1) is 0 Å². The number of nitrogens with one attached hydrogen (secondary N) is 2. The van der Waals surface area contributed by atoms with Gasteiger partial charge in [0.05, 0.1) is 33.4 Å². The molecule has 2 aromatic carbocycles. The molecule has 0 aliphatic rings. The number of anilines is 1. The van der Waals surface area contributed by atoms with E-state index in [2.05, 4.69) is 10.6 Å². The van der Waals surface area contributed by atoms with E-state index in [4.69, 9.17) is 14.2 Å². The Morgan fingerprint density at radius 2 is 1.66 bits per heavy atom. The number of rotatable bonds is 13. The second-order valence-electron chi connectivity index (χ2n) is 6.84. The maximum atomic E-state index is 12.5. The van der Waals surface area contributed by atoms with Crippen molar-refractivity contribution in [3.63, 3.8) is 0 Å². The van der Waals surface area contributed by atoms with Gasteiger partial charge in [0.1, 0.15) is 12.4 Å². The van der Waals surface area contributed by atoms with Gasteiger partial charge in [0.2, 0.25) is 17.7 Å². The average Bonchev–Trinajstić information content (AvgIpc) is 2.81. The van der Waals surface area contributed by atoms with Gasteiger partial charge in [0.25, 0.3) is 0 Å². The van der Waals surface area contributed by atoms with Crippen molar-refractivity contribution < 1.29 is 28.6 Å². The lowest BCUT2D eigenvalue weighted by atomic mass is 10.2. The van der Waals surface area contributed by atoms with Crippen molar-refractivity contribution in [1.29, 1.82) is 0 Å². The second-order valence-corrected chi connectivity index (χ2v) is 6.84. The van der Waals surface area contributed by atoms with Gasteiger partial charge in [-0.1, -0.05) is 30.3 Å². The monoisotopic (exact) mass is 443 g/mol. The Balaban J connectivity index is 1.77. The summed E-state index contributed by atoms with van der Waals surface area (Å²) in [5.74, 6) is -0.507. The second kappa shape index (κ2) is 13.8. The number of carbonyl (C=O) groups is 3. The van der Waals surface area contributed by atoms with Gasteiger partial charge >= 0.3 is 0 Å². The van der Waals surface area contributed by atoms with Crippen LogP contribution in [-0.2, 0) is 30.5 Å². The SMILES string of the molecule is COCCN(CC(=O)NCC(=O)Nc1ccc(OC)cc1)C(=O)COCc1ccccc1. The highest BCUT2D eigenvalue weighted by Crippen LogP contribution is 2.14. The molecule has 0 aromatic heterocycles. The van der Waals surface area contributed by atoms with E-state index >= 15 is 0 Å². The Kier molecular flexibility index (Phi) is 10.7. The number of amides is 3. The standard InChI is InChI=1S/C23H29N3O6/c1-30-13-12-26(23(29)17-32-16-18-6-4-3-5-7-18)15-22(28)24-14-21(27)25-19-8-10-20(31-2)11-9-19/h3-11H,12-17H2,1-2H3,(H,24,28)(H,25,27). The van der Waals surface area contributed by atoms with Crippen LogP contribution in [0.5, 0.6) is 5.75 Å². The third kappa shape index (κ3) is 9.15. The number of hydrogen-bond acceptors (Lipinski definition) is 6. The zero-order valence-electron chi connectivity index (χ0n) is 18.3. The number of carbonyl (C=O) groups excluding carboxylic acids is 3. The number of methoxy groups -OCH3 is 2. The smallest absolute Gasteiger partial charge is 0.249 e. The van der Waals surface area contributed by atoms with Crippen LogP contribution in [0.2, 0.25) is 0 Å². The van der Waals surface area contributed by atoms with E-state index in [0.717, 1.165) is 5.56 Å². The first-order chi connectivity index (χ1) is 15.5. The quantitative estimate of drug-likeness (QED) is 0.485. The van der Waals surface area contributed by atoms with Gasteiger partial charge in [-0.05, 0) is 29.8 Å². The van der Waals surface area contributed by atoms with Crippen LogP contribution in [0, 0.1) is 0 Å². The van der Waals surface area contributed by atoms with Crippen LogP contribution in [0.15, 0.2) is 54.6 Å². The highest BCUT2D eigenvalue weighted by molar-refractivity contribution is 5.95. The van der Waals surface area contributed by atoms with Crippen LogP contribution in [0.4, 0.5) is 5.69 Å². The molecule has 32 heavy (non-hydrogen) atoms. The minimum atomic E-state index is -0.456. The number of benzene rings is 2. The molecule has 2 N–H and O–H groups in total. The zero-order chi connectivity index (χ0) is 23.2. The summed E-state index contributed by atoms with van der Waals surface area (Å²) < 4.78 is 15.6. The normalized spacial score (nSPS) is 10.3. The van der Waals surface area contributed by atoms with Gasteiger partial charge in [0.15, 0.2) is 0 Å². The van der Waals surface area contributed by atoms with E-state index in [9.17, 15) is 14.4 Å². The Bertz CT molecular complexity index is 858. The van der Waals surface area contributed by atoms with Crippen molar-refractivity contribution in [1.82, 2.24) is 10.2 Å². The summed E-state index contributed by atoms with van der Waals surface area (Å²) in [6, 6.07) is 16.3. The Morgan fingerprint density at radius 1 is 0.938 bits per heavy atom. The third-order valence-electron chi connectivity index (χ3n) is 4.41. The molecule has 0 aliphatic heterocycles. The molecular weight excluding hydrogens is 414 g/mol. The van der Waals surface area contributed by atoms with Gasteiger partial charge < -0.3 is 29.7 Å². The van der Waals surface area contributed by atoms with Crippen molar-refractivity contribution in [2.24, 2.45) is 0 Å². The summed E-state index contributed by atoms with van der Waals surface area (Å²) in [5.41, 5.74) is 1.53. The summed E-state index contributed by atoms with van der Waals surface area (Å²) in [4.78, 5) is 38.2. The molecule has 172 valence electrons. The fraction of sp³-hybridized carbons (Fsp3) is 0.348. The lowest BCUT2D eigenvalue weighted by Gasteiger charge is -2.22. The Hall–Kier alpha value is -3.43. The van der Waals surface area contributed by atoms with E-state index in [1.54, 1.807) is 31.4 Å². The minimum absolute atomic E-state index is 0.163. The fourth-order valence-corrected chi connectivity index (χ4v) is 2.70. The first kappa shape index (κ1) is 24.8. The summed E-state index contributed by atoms with van der Waals surface area (Å²) in [5, 5.41) is 5.19. The van der Waals surface area contributed by atoms with Crippen molar-refractivity contribution in [3.05, 3.63) is 60.2 Å². The highest BCUT2D eigenvalue weighted by atomic mass is 16.5. The minimum Gasteiger partial charge on any atom is -0.497 e. The molecule has 9 heteroatoms. The molecule has 0 bridgehead atoms. The maximum absolute atomic E-state index is 12.5. The molecule has 0 aliphatic carbocycles. The molecular formula is C23H29N3O6. The fourth-order valence-electron chi connectivity index (χ4n) is 2.70. The number of nitrogens with zero attached hydrogens (tertiary/aromatic N) is 1. The van der Waals surface area contributed by atoms with E-state index in [1.807, 2.05) is 30.3 Å². The van der Waals surface area contributed by atoms with Crippen LogP contribution >= 0.6 is 0 Å². The topological polar surface area (TPSA) is 106 Å². The average molecular weight is 444 g/mol. The van der Waals surface area contributed by atoms with E-state index in [-0.39, 0.29) is 44.7 Å². The first-order valence-corrected chi connectivity index (χ1v) is 10.1. The van der Waals surface area contributed by atoms with E-state index in [1.165, 1.54) is 12.0 Å². The molecule has 0 unspecified atom stereocenters. The van der Waals surface area contributed by atoms with Crippen LogP contribution in [0.25, 0.3) is 0 Å². The molecule has 0 spiro atoms. The summed E-state index contributed by atoms with van der Waals surface area (Å²) >= 11 is 0.